The van der Waals surface area contributed by atoms with Crippen LogP contribution in [0.15, 0.2) is 69.9 Å². The number of para-hydroxylation sites is 1. The van der Waals surface area contributed by atoms with Crippen LogP contribution in [0.1, 0.15) is 29.2 Å². The molecular formula is C20H16N2O3. The lowest BCUT2D eigenvalue weighted by molar-refractivity contribution is 0.0930. The molecule has 1 atom stereocenters. The van der Waals surface area contributed by atoms with E-state index in [0.29, 0.717) is 11.1 Å². The SMILES string of the molecule is C[C@@H](NC(=O)c1cc2ccccc2c(=O)[nH]1)c1cc2ccccc2o1. The molecule has 0 bridgehead atoms. The number of aromatic amines is 1. The van der Waals surface area contributed by atoms with Crippen molar-refractivity contribution in [3.05, 3.63) is 82.5 Å². The van der Waals surface area contributed by atoms with E-state index >= 15 is 0 Å². The number of benzene rings is 2. The minimum Gasteiger partial charge on any atom is -0.459 e. The smallest absolute Gasteiger partial charge is 0.268 e. The molecule has 4 aromatic rings. The second-order valence-corrected chi connectivity index (χ2v) is 5.98. The molecule has 2 aromatic carbocycles. The Morgan fingerprint density at radius 1 is 1.04 bits per heavy atom. The molecule has 25 heavy (non-hydrogen) atoms. The summed E-state index contributed by atoms with van der Waals surface area (Å²) >= 11 is 0. The first-order chi connectivity index (χ1) is 12.1. The van der Waals surface area contributed by atoms with Crippen LogP contribution in [0, 0.1) is 0 Å². The van der Waals surface area contributed by atoms with Gasteiger partial charge in [-0.25, -0.2) is 0 Å². The van der Waals surface area contributed by atoms with Gasteiger partial charge in [0, 0.05) is 10.8 Å². The fourth-order valence-corrected chi connectivity index (χ4v) is 2.89. The predicted octanol–water partition coefficient (Wildman–Crippen LogP) is 3.77. The molecular weight excluding hydrogens is 316 g/mol. The van der Waals surface area contributed by atoms with Gasteiger partial charge in [0.15, 0.2) is 0 Å². The number of nitrogens with one attached hydrogen (secondary N) is 2. The van der Waals surface area contributed by atoms with Crippen LogP contribution >= 0.6 is 0 Å². The largest absolute Gasteiger partial charge is 0.459 e. The van der Waals surface area contributed by atoms with Crippen molar-refractivity contribution in [3.63, 3.8) is 0 Å². The van der Waals surface area contributed by atoms with Crippen LogP contribution in [0.2, 0.25) is 0 Å². The van der Waals surface area contributed by atoms with E-state index in [4.69, 9.17) is 4.42 Å². The van der Waals surface area contributed by atoms with Crippen molar-refractivity contribution < 1.29 is 9.21 Å². The van der Waals surface area contributed by atoms with Gasteiger partial charge in [-0.1, -0.05) is 36.4 Å². The van der Waals surface area contributed by atoms with Gasteiger partial charge in [-0.05, 0) is 36.6 Å². The highest BCUT2D eigenvalue weighted by Crippen LogP contribution is 2.23. The van der Waals surface area contributed by atoms with Crippen molar-refractivity contribution in [2.24, 2.45) is 0 Å². The Bertz CT molecular complexity index is 1110. The molecule has 0 aliphatic rings. The maximum absolute atomic E-state index is 12.5. The number of hydrogen-bond donors (Lipinski definition) is 2. The van der Waals surface area contributed by atoms with E-state index in [1.165, 1.54) is 0 Å². The van der Waals surface area contributed by atoms with Gasteiger partial charge < -0.3 is 14.7 Å². The van der Waals surface area contributed by atoms with Crippen LogP contribution in [0.4, 0.5) is 0 Å². The number of rotatable bonds is 3. The number of H-pyrrole nitrogens is 1. The summed E-state index contributed by atoms with van der Waals surface area (Å²) in [6.45, 7) is 1.84. The normalized spacial score (nSPS) is 12.4. The first-order valence-electron chi connectivity index (χ1n) is 8.03. The van der Waals surface area contributed by atoms with Crippen molar-refractivity contribution in [3.8, 4) is 0 Å². The van der Waals surface area contributed by atoms with Crippen LogP contribution in [0.3, 0.4) is 0 Å². The van der Waals surface area contributed by atoms with E-state index in [-0.39, 0.29) is 23.2 Å². The van der Waals surface area contributed by atoms with Gasteiger partial charge in [-0.3, -0.25) is 9.59 Å². The summed E-state index contributed by atoms with van der Waals surface area (Å²) in [5.41, 5.74) is 0.726. The standard InChI is InChI=1S/C20H16N2O3/c1-12(18-11-14-7-3-5-9-17(14)25-18)21-20(24)16-10-13-6-2-4-8-15(13)19(23)22-16/h2-12H,1H3,(H,21,24)(H,22,23)/t12-/m1/s1. The summed E-state index contributed by atoms with van der Waals surface area (Å²) in [4.78, 5) is 27.3. The van der Waals surface area contributed by atoms with Crippen LogP contribution < -0.4 is 10.9 Å². The minimum absolute atomic E-state index is 0.228. The zero-order valence-electron chi connectivity index (χ0n) is 13.6. The van der Waals surface area contributed by atoms with Crippen molar-refractivity contribution >= 4 is 27.6 Å². The average Bonchev–Trinajstić information content (AvgIpc) is 3.06. The van der Waals surface area contributed by atoms with E-state index < -0.39 is 0 Å². The molecule has 0 fully saturated rings. The Balaban J connectivity index is 1.62. The topological polar surface area (TPSA) is 75.1 Å². The quantitative estimate of drug-likeness (QED) is 0.600. The predicted molar refractivity (Wildman–Crippen MR) is 96.7 cm³/mol. The molecule has 0 radical (unpaired) electrons. The van der Waals surface area contributed by atoms with Gasteiger partial charge in [0.2, 0.25) is 0 Å². The first kappa shape index (κ1) is 15.2. The van der Waals surface area contributed by atoms with Crippen molar-refractivity contribution in [2.75, 3.05) is 0 Å². The highest BCUT2D eigenvalue weighted by Gasteiger charge is 2.16. The number of pyridine rings is 1. The fraction of sp³-hybridized carbons (Fsp3) is 0.100. The van der Waals surface area contributed by atoms with Gasteiger partial charge in [-0.15, -0.1) is 0 Å². The molecule has 0 saturated carbocycles. The summed E-state index contributed by atoms with van der Waals surface area (Å²) in [7, 11) is 0. The Labute approximate surface area is 143 Å². The molecule has 2 heterocycles. The third kappa shape index (κ3) is 2.80. The number of amides is 1. The minimum atomic E-state index is -0.351. The Morgan fingerprint density at radius 3 is 2.56 bits per heavy atom. The van der Waals surface area contributed by atoms with Gasteiger partial charge in [-0.2, -0.15) is 0 Å². The molecule has 2 N–H and O–H groups in total. The molecule has 124 valence electrons. The second-order valence-electron chi connectivity index (χ2n) is 5.98. The van der Waals surface area contributed by atoms with Gasteiger partial charge in [0.05, 0.1) is 6.04 Å². The number of carbonyl (C=O) groups excluding carboxylic acids is 1. The highest BCUT2D eigenvalue weighted by atomic mass is 16.3. The maximum atomic E-state index is 12.5. The highest BCUT2D eigenvalue weighted by molar-refractivity contribution is 5.96. The Kier molecular flexibility index (Phi) is 3.61. The first-order valence-corrected chi connectivity index (χ1v) is 8.03. The summed E-state index contributed by atoms with van der Waals surface area (Å²) in [5.74, 6) is 0.313. The second kappa shape index (κ2) is 5.94. The monoisotopic (exact) mass is 332 g/mol. The van der Waals surface area contributed by atoms with E-state index in [1.807, 2.05) is 49.4 Å². The average molecular weight is 332 g/mol. The van der Waals surface area contributed by atoms with Crippen LogP contribution in [0.5, 0.6) is 0 Å². The molecule has 0 aliphatic carbocycles. The zero-order chi connectivity index (χ0) is 17.4. The molecule has 4 rings (SSSR count). The molecule has 2 aromatic heterocycles. The molecule has 5 nitrogen and oxygen atoms in total. The van der Waals surface area contributed by atoms with Gasteiger partial charge in [0.25, 0.3) is 11.5 Å². The molecule has 0 saturated heterocycles. The molecule has 1 amide bonds. The van der Waals surface area contributed by atoms with Crippen molar-refractivity contribution in [2.45, 2.75) is 13.0 Å². The van der Waals surface area contributed by atoms with Crippen molar-refractivity contribution in [1.29, 1.82) is 0 Å². The molecule has 0 spiro atoms. The van der Waals surface area contributed by atoms with Crippen LogP contribution in [-0.2, 0) is 0 Å². The zero-order valence-corrected chi connectivity index (χ0v) is 13.6. The summed E-state index contributed by atoms with van der Waals surface area (Å²) in [6.07, 6.45) is 0. The number of carbonyl (C=O) groups is 1. The van der Waals surface area contributed by atoms with E-state index in [9.17, 15) is 9.59 Å². The van der Waals surface area contributed by atoms with Gasteiger partial charge >= 0.3 is 0 Å². The lowest BCUT2D eigenvalue weighted by atomic mass is 10.1. The molecule has 5 heteroatoms. The third-order valence-electron chi connectivity index (χ3n) is 4.22. The summed E-state index contributed by atoms with van der Waals surface area (Å²) in [6, 6.07) is 18.1. The van der Waals surface area contributed by atoms with Crippen LogP contribution in [-0.4, -0.2) is 10.9 Å². The van der Waals surface area contributed by atoms with Crippen molar-refractivity contribution in [1.82, 2.24) is 10.3 Å². The van der Waals surface area contributed by atoms with E-state index in [2.05, 4.69) is 10.3 Å². The summed E-state index contributed by atoms with van der Waals surface area (Å²) < 4.78 is 5.77. The number of fused-ring (bicyclic) bond motifs is 2. The number of furan rings is 1. The number of aromatic nitrogens is 1. The van der Waals surface area contributed by atoms with Gasteiger partial charge in [0.1, 0.15) is 17.0 Å². The lowest BCUT2D eigenvalue weighted by Crippen LogP contribution is -2.28. The molecule has 0 aliphatic heterocycles. The number of hydrogen-bond acceptors (Lipinski definition) is 3. The third-order valence-corrected chi connectivity index (χ3v) is 4.22. The Hall–Kier alpha value is -3.34. The van der Waals surface area contributed by atoms with E-state index in [0.717, 1.165) is 16.4 Å². The Morgan fingerprint density at radius 2 is 1.76 bits per heavy atom. The summed E-state index contributed by atoms with van der Waals surface area (Å²) in [5, 5.41) is 5.14. The fourth-order valence-electron chi connectivity index (χ4n) is 2.89. The van der Waals surface area contributed by atoms with E-state index in [1.54, 1.807) is 18.2 Å². The lowest BCUT2D eigenvalue weighted by Gasteiger charge is -2.11. The maximum Gasteiger partial charge on any atom is 0.268 e. The molecule has 0 unspecified atom stereocenters. The van der Waals surface area contributed by atoms with Crippen LogP contribution in [0.25, 0.3) is 21.7 Å².